The highest BCUT2D eigenvalue weighted by molar-refractivity contribution is 6.11. The third kappa shape index (κ3) is 4.31. The Morgan fingerprint density at radius 1 is 0.806 bits per heavy atom. The number of benzene rings is 4. The predicted molar refractivity (Wildman–Crippen MR) is 122 cm³/mol. The molecule has 0 saturated heterocycles. The second-order valence-electron chi connectivity index (χ2n) is 7.09. The zero-order chi connectivity index (χ0) is 21.8. The Balaban J connectivity index is 1.54. The Bertz CT molecular complexity index is 1230. The summed E-state index contributed by atoms with van der Waals surface area (Å²) in [4.78, 5) is 27.3. The molecular formula is C26H21FN2O2. The molecule has 2 amide bonds. The molecule has 0 spiro atoms. The van der Waals surface area contributed by atoms with Gasteiger partial charge in [0.1, 0.15) is 5.82 Å². The third-order valence-electron chi connectivity index (χ3n) is 5.11. The minimum absolute atomic E-state index is 0.115. The van der Waals surface area contributed by atoms with Crippen LogP contribution in [0.3, 0.4) is 0 Å². The van der Waals surface area contributed by atoms with E-state index in [0.29, 0.717) is 23.4 Å². The van der Waals surface area contributed by atoms with E-state index >= 15 is 0 Å². The average molecular weight is 412 g/mol. The molecule has 4 aromatic rings. The van der Waals surface area contributed by atoms with Gasteiger partial charge in [0.25, 0.3) is 11.8 Å². The Kier molecular flexibility index (Phi) is 5.76. The first-order valence-electron chi connectivity index (χ1n) is 10.0. The van der Waals surface area contributed by atoms with Gasteiger partial charge < -0.3 is 10.2 Å². The largest absolute Gasteiger partial charge is 0.322 e. The Labute approximate surface area is 179 Å². The number of hydrogen-bond donors (Lipinski definition) is 1. The summed E-state index contributed by atoms with van der Waals surface area (Å²) in [6, 6.07) is 26.0. The van der Waals surface area contributed by atoms with Crippen molar-refractivity contribution in [2.24, 2.45) is 0 Å². The molecule has 0 aliphatic rings. The molecular weight excluding hydrogens is 391 g/mol. The molecule has 5 heteroatoms. The first kappa shape index (κ1) is 20.3. The Morgan fingerprint density at radius 2 is 1.45 bits per heavy atom. The summed E-state index contributed by atoms with van der Waals surface area (Å²) in [5.41, 5.74) is 2.29. The molecule has 4 aromatic carbocycles. The molecule has 0 saturated carbocycles. The molecule has 0 aliphatic carbocycles. The number of halogens is 1. The van der Waals surface area contributed by atoms with Crippen LogP contribution in [-0.4, -0.2) is 18.4 Å². The van der Waals surface area contributed by atoms with Crippen molar-refractivity contribution in [2.45, 2.75) is 6.92 Å². The smallest absolute Gasteiger partial charge is 0.258 e. The summed E-state index contributed by atoms with van der Waals surface area (Å²) in [6.45, 7) is 2.47. The van der Waals surface area contributed by atoms with Crippen LogP contribution in [-0.2, 0) is 0 Å². The molecule has 4 nitrogen and oxygen atoms in total. The van der Waals surface area contributed by atoms with Crippen LogP contribution in [0.2, 0.25) is 0 Å². The number of carbonyl (C=O) groups excluding carboxylic acids is 2. The lowest BCUT2D eigenvalue weighted by molar-refractivity contribution is 0.0987. The summed E-state index contributed by atoms with van der Waals surface area (Å²) in [5, 5.41) is 4.85. The molecule has 1 N–H and O–H groups in total. The van der Waals surface area contributed by atoms with Gasteiger partial charge in [-0.1, -0.05) is 36.4 Å². The van der Waals surface area contributed by atoms with Gasteiger partial charge in [-0.3, -0.25) is 9.59 Å². The number of nitrogens with one attached hydrogen (secondary N) is 1. The van der Waals surface area contributed by atoms with Crippen molar-refractivity contribution in [3.8, 4) is 0 Å². The highest BCUT2D eigenvalue weighted by Gasteiger charge is 2.18. The monoisotopic (exact) mass is 412 g/mol. The van der Waals surface area contributed by atoms with Gasteiger partial charge in [0.15, 0.2) is 0 Å². The fourth-order valence-corrected chi connectivity index (χ4v) is 3.52. The van der Waals surface area contributed by atoms with E-state index < -0.39 is 5.82 Å². The molecule has 0 bridgehead atoms. The van der Waals surface area contributed by atoms with Gasteiger partial charge in [-0.2, -0.15) is 0 Å². The maximum absolute atomic E-state index is 13.2. The van der Waals surface area contributed by atoms with Crippen molar-refractivity contribution in [2.75, 3.05) is 16.8 Å². The first-order chi connectivity index (χ1) is 15.1. The topological polar surface area (TPSA) is 49.4 Å². The van der Waals surface area contributed by atoms with Gasteiger partial charge in [-0.15, -0.1) is 0 Å². The Hall–Kier alpha value is -3.99. The van der Waals surface area contributed by atoms with E-state index in [4.69, 9.17) is 0 Å². The molecule has 0 fully saturated rings. The molecule has 31 heavy (non-hydrogen) atoms. The van der Waals surface area contributed by atoms with Crippen molar-refractivity contribution in [3.63, 3.8) is 0 Å². The fourth-order valence-electron chi connectivity index (χ4n) is 3.52. The third-order valence-corrected chi connectivity index (χ3v) is 5.11. The summed E-state index contributed by atoms with van der Waals surface area (Å²) < 4.78 is 13.0. The maximum Gasteiger partial charge on any atom is 0.258 e. The number of anilines is 2. The lowest BCUT2D eigenvalue weighted by Crippen LogP contribution is -2.30. The van der Waals surface area contributed by atoms with Crippen molar-refractivity contribution in [1.82, 2.24) is 0 Å². The molecule has 0 radical (unpaired) electrons. The lowest BCUT2D eigenvalue weighted by atomic mass is 10.1. The standard InChI is InChI=1S/C26H21FN2O2/c1-2-29(24-9-5-7-18-6-3-4-8-23(18)24)26(31)20-12-16-22(17-13-20)28-25(30)19-10-14-21(27)15-11-19/h3-17H,2H2,1H3,(H,28,30). The highest BCUT2D eigenvalue weighted by atomic mass is 19.1. The average Bonchev–Trinajstić information content (AvgIpc) is 2.80. The van der Waals surface area contributed by atoms with Crippen molar-refractivity contribution >= 4 is 34.0 Å². The first-order valence-corrected chi connectivity index (χ1v) is 10.0. The number of fused-ring (bicyclic) bond motifs is 1. The van der Waals surface area contributed by atoms with Crippen LogP contribution in [0.1, 0.15) is 27.6 Å². The van der Waals surface area contributed by atoms with Gasteiger partial charge in [-0.05, 0) is 66.9 Å². The van der Waals surface area contributed by atoms with Crippen LogP contribution < -0.4 is 10.2 Å². The fraction of sp³-hybridized carbons (Fsp3) is 0.0769. The SMILES string of the molecule is CCN(C(=O)c1ccc(NC(=O)c2ccc(F)cc2)cc1)c1cccc2ccccc12. The van der Waals surface area contributed by atoms with Crippen LogP contribution in [0.5, 0.6) is 0 Å². The van der Waals surface area contributed by atoms with Crippen LogP contribution in [0.15, 0.2) is 91.0 Å². The van der Waals surface area contributed by atoms with Crippen LogP contribution in [0.4, 0.5) is 15.8 Å². The number of hydrogen-bond acceptors (Lipinski definition) is 2. The number of nitrogens with zero attached hydrogens (tertiary/aromatic N) is 1. The molecule has 0 aromatic heterocycles. The molecule has 0 unspecified atom stereocenters. The van der Waals surface area contributed by atoms with Gasteiger partial charge in [0.05, 0.1) is 5.69 Å². The van der Waals surface area contributed by atoms with Gasteiger partial charge >= 0.3 is 0 Å². The van der Waals surface area contributed by atoms with Crippen molar-refractivity contribution < 1.29 is 14.0 Å². The van der Waals surface area contributed by atoms with Crippen LogP contribution >= 0.6 is 0 Å². The Morgan fingerprint density at radius 3 is 2.16 bits per heavy atom. The summed E-state index contributed by atoms with van der Waals surface area (Å²) >= 11 is 0. The predicted octanol–water partition coefficient (Wildman–Crippen LogP) is 5.90. The van der Waals surface area contributed by atoms with E-state index in [9.17, 15) is 14.0 Å². The van der Waals surface area contributed by atoms with E-state index in [-0.39, 0.29) is 11.8 Å². The molecule has 0 heterocycles. The number of amides is 2. The van der Waals surface area contributed by atoms with E-state index in [2.05, 4.69) is 5.32 Å². The zero-order valence-electron chi connectivity index (χ0n) is 17.0. The van der Waals surface area contributed by atoms with E-state index in [1.165, 1.54) is 24.3 Å². The van der Waals surface area contributed by atoms with Gasteiger partial charge in [0, 0.05) is 28.7 Å². The lowest BCUT2D eigenvalue weighted by Gasteiger charge is -2.23. The second kappa shape index (κ2) is 8.79. The minimum Gasteiger partial charge on any atom is -0.322 e. The van der Waals surface area contributed by atoms with E-state index in [0.717, 1.165) is 16.5 Å². The van der Waals surface area contributed by atoms with Gasteiger partial charge in [-0.25, -0.2) is 4.39 Å². The summed E-state index contributed by atoms with van der Waals surface area (Å²) in [7, 11) is 0. The molecule has 4 rings (SSSR count). The van der Waals surface area contributed by atoms with E-state index in [1.54, 1.807) is 29.2 Å². The quantitative estimate of drug-likeness (QED) is 0.444. The molecule has 0 aliphatic heterocycles. The summed E-state index contributed by atoms with van der Waals surface area (Å²) in [5.74, 6) is -0.855. The maximum atomic E-state index is 13.2. The second-order valence-corrected chi connectivity index (χ2v) is 7.09. The highest BCUT2D eigenvalue weighted by Crippen LogP contribution is 2.28. The van der Waals surface area contributed by atoms with Gasteiger partial charge in [0.2, 0.25) is 0 Å². The molecule has 0 atom stereocenters. The summed E-state index contributed by atoms with van der Waals surface area (Å²) in [6.07, 6.45) is 0. The zero-order valence-corrected chi connectivity index (χ0v) is 17.0. The normalized spacial score (nSPS) is 10.6. The minimum atomic E-state index is -0.397. The van der Waals surface area contributed by atoms with Crippen molar-refractivity contribution in [1.29, 1.82) is 0 Å². The molecule has 154 valence electrons. The number of rotatable bonds is 5. The van der Waals surface area contributed by atoms with E-state index in [1.807, 2.05) is 49.4 Å². The van der Waals surface area contributed by atoms with Crippen molar-refractivity contribution in [3.05, 3.63) is 108 Å². The van der Waals surface area contributed by atoms with Crippen LogP contribution in [0.25, 0.3) is 10.8 Å². The van der Waals surface area contributed by atoms with Crippen LogP contribution in [0, 0.1) is 5.82 Å². The number of carbonyl (C=O) groups is 2.